The number of aromatic nitrogens is 4. The first-order valence-corrected chi connectivity index (χ1v) is 6.76. The maximum Gasteiger partial charge on any atom is 0.245 e. The summed E-state index contributed by atoms with van der Waals surface area (Å²) in [6, 6.07) is 0.482. The molecule has 3 rings (SSSR count). The minimum absolute atomic E-state index is 0.451. The van der Waals surface area contributed by atoms with E-state index in [0.29, 0.717) is 17.3 Å². The highest BCUT2D eigenvalue weighted by atomic mass is 16.6. The van der Waals surface area contributed by atoms with Gasteiger partial charge in [-0.25, -0.2) is 14.6 Å². The lowest BCUT2D eigenvalue weighted by atomic mass is 10.2. The summed E-state index contributed by atoms with van der Waals surface area (Å²) in [5, 5.41) is 11.0. The van der Waals surface area contributed by atoms with E-state index < -0.39 is 0 Å². The van der Waals surface area contributed by atoms with Crippen molar-refractivity contribution in [2.75, 3.05) is 23.8 Å². The molecular formula is C12H18N6O. The van der Waals surface area contributed by atoms with Crippen molar-refractivity contribution in [1.82, 2.24) is 20.3 Å². The highest BCUT2D eigenvalue weighted by molar-refractivity contribution is 5.73. The molecule has 7 nitrogen and oxygen atoms in total. The van der Waals surface area contributed by atoms with Crippen LogP contribution in [0.1, 0.15) is 32.6 Å². The van der Waals surface area contributed by atoms with Gasteiger partial charge in [-0.1, -0.05) is 12.8 Å². The van der Waals surface area contributed by atoms with Crippen LogP contribution in [0.2, 0.25) is 0 Å². The van der Waals surface area contributed by atoms with Gasteiger partial charge in [0.2, 0.25) is 11.3 Å². The second-order valence-corrected chi connectivity index (χ2v) is 4.95. The molecule has 0 radical (unpaired) electrons. The molecule has 0 amide bonds. The van der Waals surface area contributed by atoms with E-state index in [1.54, 1.807) is 0 Å². The SMILES string of the molecule is CCN(C)c1nc2nonc2nc1NC1CCCC1. The Morgan fingerprint density at radius 1 is 1.21 bits per heavy atom. The molecule has 0 unspecified atom stereocenters. The molecule has 1 saturated carbocycles. The van der Waals surface area contributed by atoms with E-state index in [1.165, 1.54) is 25.7 Å². The lowest BCUT2D eigenvalue weighted by Crippen LogP contribution is -2.23. The van der Waals surface area contributed by atoms with Gasteiger partial charge in [-0.3, -0.25) is 0 Å². The zero-order valence-corrected chi connectivity index (χ0v) is 11.3. The molecule has 19 heavy (non-hydrogen) atoms. The number of nitrogens with one attached hydrogen (secondary N) is 1. The fraction of sp³-hybridized carbons (Fsp3) is 0.667. The summed E-state index contributed by atoms with van der Waals surface area (Å²) in [5.41, 5.74) is 0.904. The number of hydrogen-bond acceptors (Lipinski definition) is 7. The van der Waals surface area contributed by atoms with Gasteiger partial charge in [0.25, 0.3) is 0 Å². The third-order valence-electron chi connectivity index (χ3n) is 3.63. The van der Waals surface area contributed by atoms with Gasteiger partial charge in [-0.15, -0.1) is 0 Å². The number of hydrogen-bond donors (Lipinski definition) is 1. The zero-order valence-electron chi connectivity index (χ0n) is 11.3. The van der Waals surface area contributed by atoms with Gasteiger partial charge >= 0.3 is 0 Å². The maximum absolute atomic E-state index is 4.69. The second-order valence-electron chi connectivity index (χ2n) is 4.95. The molecule has 1 N–H and O–H groups in total. The zero-order chi connectivity index (χ0) is 13.2. The standard InChI is InChI=1S/C12H18N6O/c1-3-18(2)12-11(13-8-6-4-5-7-8)14-9-10(15-12)17-19-16-9/h8H,3-7H2,1-2H3,(H,13,14,16). The highest BCUT2D eigenvalue weighted by Gasteiger charge is 2.20. The van der Waals surface area contributed by atoms with Gasteiger partial charge in [0.15, 0.2) is 11.6 Å². The van der Waals surface area contributed by atoms with E-state index in [2.05, 4.69) is 37.2 Å². The van der Waals surface area contributed by atoms with Gasteiger partial charge in [-0.05, 0) is 30.1 Å². The average Bonchev–Trinajstić information content (AvgIpc) is 3.07. The molecule has 0 saturated heterocycles. The smallest absolute Gasteiger partial charge is 0.245 e. The minimum atomic E-state index is 0.451. The quantitative estimate of drug-likeness (QED) is 0.900. The predicted octanol–water partition coefficient (Wildman–Crippen LogP) is 1.82. The van der Waals surface area contributed by atoms with Crippen molar-refractivity contribution >= 4 is 22.9 Å². The highest BCUT2D eigenvalue weighted by Crippen LogP contribution is 2.27. The first kappa shape index (κ1) is 12.1. The normalized spacial score (nSPS) is 16.1. The molecule has 2 aromatic heterocycles. The van der Waals surface area contributed by atoms with E-state index >= 15 is 0 Å². The molecule has 7 heteroatoms. The van der Waals surface area contributed by atoms with Crippen LogP contribution in [0.15, 0.2) is 4.63 Å². The van der Waals surface area contributed by atoms with Crippen LogP contribution in [0, 0.1) is 0 Å². The summed E-state index contributed by atoms with van der Waals surface area (Å²) in [7, 11) is 1.99. The molecule has 1 aliphatic rings. The molecular weight excluding hydrogens is 244 g/mol. The Hall–Kier alpha value is -1.92. The number of rotatable bonds is 4. The molecule has 102 valence electrons. The summed E-state index contributed by atoms with van der Waals surface area (Å²) < 4.78 is 4.69. The molecule has 0 aromatic carbocycles. The summed E-state index contributed by atoms with van der Waals surface area (Å²) in [6.07, 6.45) is 4.92. The van der Waals surface area contributed by atoms with E-state index in [0.717, 1.165) is 18.2 Å². The number of nitrogens with zero attached hydrogens (tertiary/aromatic N) is 5. The first-order chi connectivity index (χ1) is 9.28. The molecule has 0 atom stereocenters. The van der Waals surface area contributed by atoms with Crippen LogP contribution in [-0.4, -0.2) is 39.9 Å². The van der Waals surface area contributed by atoms with E-state index in [-0.39, 0.29) is 0 Å². The Morgan fingerprint density at radius 3 is 2.58 bits per heavy atom. The van der Waals surface area contributed by atoms with Crippen LogP contribution >= 0.6 is 0 Å². The Balaban J connectivity index is 1.97. The fourth-order valence-corrected chi connectivity index (χ4v) is 2.41. The van der Waals surface area contributed by atoms with Gasteiger partial charge in [0.05, 0.1) is 0 Å². The van der Waals surface area contributed by atoms with Crippen LogP contribution in [0.25, 0.3) is 11.3 Å². The molecule has 0 bridgehead atoms. The van der Waals surface area contributed by atoms with E-state index in [4.69, 9.17) is 0 Å². The van der Waals surface area contributed by atoms with E-state index in [1.807, 2.05) is 11.9 Å². The van der Waals surface area contributed by atoms with Crippen LogP contribution in [0.3, 0.4) is 0 Å². The molecule has 1 fully saturated rings. The number of anilines is 2. The van der Waals surface area contributed by atoms with Crippen LogP contribution in [-0.2, 0) is 0 Å². The lowest BCUT2D eigenvalue weighted by molar-refractivity contribution is 0.314. The number of fused-ring (bicyclic) bond motifs is 1. The third-order valence-corrected chi connectivity index (χ3v) is 3.63. The molecule has 2 heterocycles. The molecule has 2 aromatic rings. The summed E-state index contributed by atoms with van der Waals surface area (Å²) in [6.45, 7) is 2.93. The van der Waals surface area contributed by atoms with Gasteiger partial charge in [-0.2, -0.15) is 0 Å². The maximum atomic E-state index is 4.69. The van der Waals surface area contributed by atoms with Crippen molar-refractivity contribution in [3.05, 3.63) is 0 Å². The third kappa shape index (κ3) is 2.32. The molecule has 0 aliphatic heterocycles. The topological polar surface area (TPSA) is 80.0 Å². The largest absolute Gasteiger partial charge is 0.364 e. The predicted molar refractivity (Wildman–Crippen MR) is 72.2 cm³/mol. The van der Waals surface area contributed by atoms with Gasteiger partial charge < -0.3 is 10.2 Å². The minimum Gasteiger partial charge on any atom is -0.364 e. The molecule has 1 aliphatic carbocycles. The van der Waals surface area contributed by atoms with Gasteiger partial charge in [0.1, 0.15) is 0 Å². The Labute approximate surface area is 111 Å². The van der Waals surface area contributed by atoms with Crippen molar-refractivity contribution in [3.8, 4) is 0 Å². The first-order valence-electron chi connectivity index (χ1n) is 6.76. The Morgan fingerprint density at radius 2 is 1.89 bits per heavy atom. The second kappa shape index (κ2) is 4.99. The van der Waals surface area contributed by atoms with Crippen LogP contribution in [0.5, 0.6) is 0 Å². The van der Waals surface area contributed by atoms with Gasteiger partial charge in [0, 0.05) is 19.6 Å². The van der Waals surface area contributed by atoms with Crippen molar-refractivity contribution in [2.45, 2.75) is 38.6 Å². The average molecular weight is 262 g/mol. The van der Waals surface area contributed by atoms with Crippen molar-refractivity contribution in [2.24, 2.45) is 0 Å². The summed E-state index contributed by atoms with van der Waals surface area (Å²) in [4.78, 5) is 11.0. The van der Waals surface area contributed by atoms with E-state index in [9.17, 15) is 0 Å². The van der Waals surface area contributed by atoms with Crippen molar-refractivity contribution in [1.29, 1.82) is 0 Å². The van der Waals surface area contributed by atoms with Crippen LogP contribution in [0.4, 0.5) is 11.6 Å². The monoisotopic (exact) mass is 262 g/mol. The van der Waals surface area contributed by atoms with Crippen LogP contribution < -0.4 is 10.2 Å². The molecule has 0 spiro atoms. The van der Waals surface area contributed by atoms with Crippen molar-refractivity contribution in [3.63, 3.8) is 0 Å². The Kier molecular flexibility index (Phi) is 3.18. The lowest BCUT2D eigenvalue weighted by Gasteiger charge is -2.21. The Bertz CT molecular complexity index is 562. The van der Waals surface area contributed by atoms with Crippen molar-refractivity contribution < 1.29 is 4.63 Å². The summed E-state index contributed by atoms with van der Waals surface area (Å²) in [5.74, 6) is 1.58. The summed E-state index contributed by atoms with van der Waals surface area (Å²) >= 11 is 0. The fourth-order valence-electron chi connectivity index (χ4n) is 2.41.